The van der Waals surface area contributed by atoms with Crippen molar-refractivity contribution >= 4 is 39.9 Å². The normalized spacial score (nSPS) is 16.0. The summed E-state index contributed by atoms with van der Waals surface area (Å²) in [4.78, 5) is 22.9. The Bertz CT molecular complexity index is 1010. The molecule has 1 N–H and O–H groups in total. The maximum Gasteiger partial charge on any atom is 0.246 e. The van der Waals surface area contributed by atoms with Gasteiger partial charge in [-0.2, -0.15) is 0 Å². The molecular weight excluding hydrogens is 355 g/mol. The van der Waals surface area contributed by atoms with Crippen LogP contribution in [-0.4, -0.2) is 28.5 Å². The van der Waals surface area contributed by atoms with Crippen LogP contribution < -0.4 is 10.2 Å². The lowest BCUT2D eigenvalue weighted by Gasteiger charge is -2.23. The van der Waals surface area contributed by atoms with E-state index in [0.29, 0.717) is 22.8 Å². The zero-order chi connectivity index (χ0) is 18.3. The monoisotopic (exact) mass is 370 g/mol. The molecule has 0 radical (unpaired) electrons. The van der Waals surface area contributed by atoms with Gasteiger partial charge in [-0.3, -0.25) is 4.79 Å². The number of amides is 1. The molecule has 0 aliphatic carbocycles. The number of nitrogens with zero attached hydrogens (tertiary/aromatic N) is 3. The predicted molar refractivity (Wildman–Crippen MR) is 100 cm³/mol. The van der Waals surface area contributed by atoms with E-state index in [9.17, 15) is 9.18 Å². The number of carbonyl (C=O) groups is 1. The smallest absolute Gasteiger partial charge is 0.246 e. The highest BCUT2D eigenvalue weighted by Crippen LogP contribution is 2.32. The lowest BCUT2D eigenvalue weighted by Crippen LogP contribution is -2.39. The van der Waals surface area contributed by atoms with Crippen molar-refractivity contribution in [1.82, 2.24) is 9.97 Å². The second-order valence-corrected chi connectivity index (χ2v) is 6.76. The van der Waals surface area contributed by atoms with E-state index in [-0.39, 0.29) is 24.3 Å². The third kappa shape index (κ3) is 2.97. The lowest BCUT2D eigenvalue weighted by molar-refractivity contribution is -0.117. The predicted octanol–water partition coefficient (Wildman–Crippen LogP) is 3.81. The first-order chi connectivity index (χ1) is 12.5. The zero-order valence-electron chi connectivity index (χ0n) is 14.0. The SMILES string of the molecule is C[C@@H]1Cc2cc(F)ccc2N1C(=O)CNc1ncnc2cc(Cl)ccc12. The van der Waals surface area contributed by atoms with Crippen molar-refractivity contribution < 1.29 is 9.18 Å². The quantitative estimate of drug-likeness (QED) is 0.761. The third-order valence-corrected chi connectivity index (χ3v) is 4.77. The molecule has 26 heavy (non-hydrogen) atoms. The summed E-state index contributed by atoms with van der Waals surface area (Å²) in [7, 11) is 0. The molecule has 132 valence electrons. The highest BCUT2D eigenvalue weighted by Gasteiger charge is 2.30. The first kappa shape index (κ1) is 16.7. The van der Waals surface area contributed by atoms with E-state index in [0.717, 1.165) is 16.6 Å². The van der Waals surface area contributed by atoms with E-state index < -0.39 is 0 Å². The number of halogens is 2. The van der Waals surface area contributed by atoms with Crippen molar-refractivity contribution in [3.8, 4) is 0 Å². The number of carbonyl (C=O) groups excluding carboxylic acids is 1. The van der Waals surface area contributed by atoms with E-state index in [1.54, 1.807) is 23.1 Å². The molecule has 0 saturated carbocycles. The van der Waals surface area contributed by atoms with Gasteiger partial charge in [0.1, 0.15) is 18.0 Å². The number of fused-ring (bicyclic) bond motifs is 2. The second-order valence-electron chi connectivity index (χ2n) is 6.33. The number of aromatic nitrogens is 2. The number of anilines is 2. The van der Waals surface area contributed by atoms with Crippen LogP contribution in [0.3, 0.4) is 0 Å². The Morgan fingerprint density at radius 3 is 3.00 bits per heavy atom. The van der Waals surface area contributed by atoms with Crippen LogP contribution in [0, 0.1) is 5.82 Å². The Hall–Kier alpha value is -2.73. The summed E-state index contributed by atoms with van der Waals surface area (Å²) in [6.07, 6.45) is 2.08. The van der Waals surface area contributed by atoms with E-state index >= 15 is 0 Å². The summed E-state index contributed by atoms with van der Waals surface area (Å²) in [6, 6.07) is 9.85. The van der Waals surface area contributed by atoms with Crippen LogP contribution in [0.25, 0.3) is 10.9 Å². The molecule has 0 saturated heterocycles. The Labute approximate surface area is 154 Å². The minimum Gasteiger partial charge on any atom is -0.360 e. The van der Waals surface area contributed by atoms with Crippen molar-refractivity contribution in [1.29, 1.82) is 0 Å². The van der Waals surface area contributed by atoms with Gasteiger partial charge in [0.15, 0.2) is 0 Å². The van der Waals surface area contributed by atoms with Gasteiger partial charge in [0.05, 0.1) is 12.1 Å². The molecule has 4 rings (SSSR count). The maximum absolute atomic E-state index is 13.4. The van der Waals surface area contributed by atoms with Gasteiger partial charge in [0, 0.05) is 22.1 Å². The Morgan fingerprint density at radius 2 is 2.15 bits per heavy atom. The number of benzene rings is 2. The van der Waals surface area contributed by atoms with Crippen LogP contribution in [0.4, 0.5) is 15.9 Å². The summed E-state index contributed by atoms with van der Waals surface area (Å²) >= 11 is 5.99. The van der Waals surface area contributed by atoms with Crippen molar-refractivity contribution in [2.45, 2.75) is 19.4 Å². The third-order valence-electron chi connectivity index (χ3n) is 4.53. The Balaban J connectivity index is 1.55. The molecule has 5 nitrogen and oxygen atoms in total. The number of hydrogen-bond donors (Lipinski definition) is 1. The van der Waals surface area contributed by atoms with E-state index in [1.807, 2.05) is 13.0 Å². The maximum atomic E-state index is 13.4. The fourth-order valence-electron chi connectivity index (χ4n) is 3.40. The molecule has 1 atom stereocenters. The van der Waals surface area contributed by atoms with Crippen LogP contribution in [0.5, 0.6) is 0 Å². The van der Waals surface area contributed by atoms with Crippen molar-refractivity contribution in [3.05, 3.63) is 59.1 Å². The lowest BCUT2D eigenvalue weighted by atomic mass is 10.1. The van der Waals surface area contributed by atoms with Crippen molar-refractivity contribution in [2.24, 2.45) is 0 Å². The first-order valence-electron chi connectivity index (χ1n) is 8.27. The molecule has 2 aromatic carbocycles. The molecule has 3 aromatic rings. The van der Waals surface area contributed by atoms with Crippen LogP contribution in [-0.2, 0) is 11.2 Å². The van der Waals surface area contributed by atoms with Gasteiger partial charge < -0.3 is 10.2 Å². The molecular formula is C19H16ClFN4O. The van der Waals surface area contributed by atoms with Gasteiger partial charge >= 0.3 is 0 Å². The zero-order valence-corrected chi connectivity index (χ0v) is 14.8. The van der Waals surface area contributed by atoms with Crippen LogP contribution in [0.1, 0.15) is 12.5 Å². The summed E-state index contributed by atoms with van der Waals surface area (Å²) in [5, 5.41) is 4.47. The summed E-state index contributed by atoms with van der Waals surface area (Å²) in [5.41, 5.74) is 2.33. The molecule has 0 spiro atoms. The molecule has 2 heterocycles. The minimum absolute atomic E-state index is 0.0120. The highest BCUT2D eigenvalue weighted by molar-refractivity contribution is 6.31. The number of rotatable bonds is 3. The fourth-order valence-corrected chi connectivity index (χ4v) is 3.56. The van der Waals surface area contributed by atoms with Crippen LogP contribution >= 0.6 is 11.6 Å². The van der Waals surface area contributed by atoms with Gasteiger partial charge in [-0.25, -0.2) is 14.4 Å². The minimum atomic E-state index is -0.283. The highest BCUT2D eigenvalue weighted by atomic mass is 35.5. The number of hydrogen-bond acceptors (Lipinski definition) is 4. The Kier molecular flexibility index (Phi) is 4.20. The van der Waals surface area contributed by atoms with Crippen LogP contribution in [0.15, 0.2) is 42.7 Å². The van der Waals surface area contributed by atoms with Crippen molar-refractivity contribution in [2.75, 3.05) is 16.8 Å². The summed E-state index contributed by atoms with van der Waals surface area (Å²) < 4.78 is 13.4. The van der Waals surface area contributed by atoms with Crippen molar-refractivity contribution in [3.63, 3.8) is 0 Å². The summed E-state index contributed by atoms with van der Waals surface area (Å²) in [6.45, 7) is 2.04. The second kappa shape index (κ2) is 6.53. The molecule has 1 aliphatic rings. The average molecular weight is 371 g/mol. The number of nitrogens with one attached hydrogen (secondary N) is 1. The van der Waals surface area contributed by atoms with Gasteiger partial charge in [-0.1, -0.05) is 11.6 Å². The summed E-state index contributed by atoms with van der Waals surface area (Å²) in [5.74, 6) is 0.198. The van der Waals surface area contributed by atoms with Gasteiger partial charge in [-0.05, 0) is 55.3 Å². The van der Waals surface area contributed by atoms with E-state index in [2.05, 4.69) is 15.3 Å². The van der Waals surface area contributed by atoms with Crippen LogP contribution in [0.2, 0.25) is 5.02 Å². The van der Waals surface area contributed by atoms with E-state index in [4.69, 9.17) is 11.6 Å². The van der Waals surface area contributed by atoms with Gasteiger partial charge in [-0.15, -0.1) is 0 Å². The topological polar surface area (TPSA) is 58.1 Å². The van der Waals surface area contributed by atoms with Gasteiger partial charge in [0.25, 0.3) is 0 Å². The molecule has 1 aromatic heterocycles. The average Bonchev–Trinajstić information content (AvgIpc) is 2.94. The Morgan fingerprint density at radius 1 is 1.31 bits per heavy atom. The molecule has 1 amide bonds. The fraction of sp³-hybridized carbons (Fsp3) is 0.211. The molecule has 7 heteroatoms. The van der Waals surface area contributed by atoms with Gasteiger partial charge in [0.2, 0.25) is 5.91 Å². The standard InChI is InChI=1S/C19H16ClFN4O/c1-11-6-12-7-14(21)3-5-17(12)25(11)18(26)9-22-19-15-4-2-13(20)8-16(15)23-10-24-19/h2-5,7-8,10-11H,6,9H2,1H3,(H,22,23,24)/t11-/m1/s1. The molecule has 0 fully saturated rings. The molecule has 0 bridgehead atoms. The molecule has 0 unspecified atom stereocenters. The first-order valence-corrected chi connectivity index (χ1v) is 8.65. The van der Waals surface area contributed by atoms with E-state index in [1.165, 1.54) is 18.5 Å². The largest absolute Gasteiger partial charge is 0.360 e. The molecule has 1 aliphatic heterocycles.